The van der Waals surface area contributed by atoms with Crippen LogP contribution >= 0.6 is 11.3 Å². The van der Waals surface area contributed by atoms with Crippen LogP contribution in [0.5, 0.6) is 0 Å². The molecular weight excluding hydrogens is 190 g/mol. The van der Waals surface area contributed by atoms with Gasteiger partial charge in [0.05, 0.1) is 0 Å². The van der Waals surface area contributed by atoms with Crippen molar-refractivity contribution in [2.45, 2.75) is 6.42 Å². The molecule has 1 aromatic heterocycles. The second-order valence-electron chi connectivity index (χ2n) is 3.29. The molecular formula is C12H9NS. The van der Waals surface area contributed by atoms with Crippen molar-refractivity contribution in [1.29, 1.82) is 0 Å². The summed E-state index contributed by atoms with van der Waals surface area (Å²) in [7, 11) is 0. The molecule has 14 heavy (non-hydrogen) atoms. The summed E-state index contributed by atoms with van der Waals surface area (Å²) in [4.78, 5) is 5.52. The minimum atomic E-state index is 0.951. The normalized spacial score (nSPS) is 14.3. The van der Waals surface area contributed by atoms with Crippen molar-refractivity contribution in [2.24, 2.45) is 4.99 Å². The summed E-state index contributed by atoms with van der Waals surface area (Å²) in [5.41, 5.74) is 1.42. The summed E-state index contributed by atoms with van der Waals surface area (Å²) in [6.45, 7) is 0. The Balaban J connectivity index is 2.37. The Morgan fingerprint density at radius 2 is 2.14 bits per heavy atom. The first-order valence-electron chi connectivity index (χ1n) is 4.64. The van der Waals surface area contributed by atoms with Gasteiger partial charge in [-0.25, -0.2) is 0 Å². The lowest BCUT2D eigenvalue weighted by Gasteiger charge is -1.93. The highest BCUT2D eigenvalue weighted by molar-refractivity contribution is 7.20. The van der Waals surface area contributed by atoms with E-state index in [9.17, 15) is 0 Å². The molecule has 0 unspecified atom stereocenters. The molecule has 68 valence electrons. The Labute approximate surface area is 86.4 Å². The van der Waals surface area contributed by atoms with Crippen LogP contribution in [0.4, 0.5) is 0 Å². The van der Waals surface area contributed by atoms with Crippen molar-refractivity contribution < 1.29 is 0 Å². The molecule has 2 aromatic rings. The first-order valence-corrected chi connectivity index (χ1v) is 5.45. The van der Waals surface area contributed by atoms with E-state index in [1.807, 2.05) is 23.8 Å². The zero-order valence-electron chi connectivity index (χ0n) is 7.60. The smallest absolute Gasteiger partial charge is 0.0352 e. The van der Waals surface area contributed by atoms with Gasteiger partial charge in [-0.3, -0.25) is 4.99 Å². The van der Waals surface area contributed by atoms with E-state index in [2.05, 4.69) is 35.3 Å². The number of nitrogens with zero attached hydrogens (tertiary/aromatic N) is 1. The number of benzene rings is 1. The van der Waals surface area contributed by atoms with Gasteiger partial charge in [0.15, 0.2) is 0 Å². The lowest BCUT2D eigenvalue weighted by molar-refractivity contribution is 1.42. The van der Waals surface area contributed by atoms with Crippen molar-refractivity contribution >= 4 is 33.7 Å². The molecule has 0 atom stereocenters. The van der Waals surface area contributed by atoms with E-state index < -0.39 is 0 Å². The van der Waals surface area contributed by atoms with Crippen molar-refractivity contribution in [2.75, 3.05) is 0 Å². The topological polar surface area (TPSA) is 12.4 Å². The molecule has 0 spiro atoms. The second-order valence-corrected chi connectivity index (χ2v) is 4.38. The molecule has 1 aliphatic heterocycles. The number of fused-ring (bicyclic) bond motifs is 3. The molecule has 0 aliphatic carbocycles. The molecule has 1 aromatic carbocycles. The minimum Gasteiger partial charge on any atom is -0.269 e. The Bertz CT molecular complexity index is 534. The fraction of sp³-hybridized carbons (Fsp3) is 0.0833. The van der Waals surface area contributed by atoms with Crippen molar-refractivity contribution in [1.82, 2.24) is 0 Å². The Morgan fingerprint density at radius 1 is 1.21 bits per heavy atom. The largest absolute Gasteiger partial charge is 0.269 e. The fourth-order valence-electron chi connectivity index (χ4n) is 1.78. The molecule has 1 nitrogen and oxygen atoms in total. The van der Waals surface area contributed by atoms with Gasteiger partial charge in [0.25, 0.3) is 0 Å². The molecule has 0 saturated heterocycles. The van der Waals surface area contributed by atoms with Crippen LogP contribution < -0.4 is 0 Å². The lowest BCUT2D eigenvalue weighted by Crippen LogP contribution is -1.84. The number of rotatable bonds is 0. The van der Waals surface area contributed by atoms with Gasteiger partial charge in [-0.05, 0) is 23.1 Å². The summed E-state index contributed by atoms with van der Waals surface area (Å²) < 4.78 is 1.37. The van der Waals surface area contributed by atoms with Gasteiger partial charge < -0.3 is 0 Å². The van der Waals surface area contributed by atoms with Crippen LogP contribution in [0.25, 0.3) is 16.2 Å². The standard InChI is InChI=1S/C12H9NS/c1-2-4-11-9(3-1)10-5-7-13-8-6-12(10)14-11/h1-4,6-8H,5H2. The SMILES string of the molecule is C1=Cc2sc3ccccc3c2CC=N1. The van der Waals surface area contributed by atoms with Gasteiger partial charge >= 0.3 is 0 Å². The predicted molar refractivity (Wildman–Crippen MR) is 63.1 cm³/mol. The highest BCUT2D eigenvalue weighted by Gasteiger charge is 2.09. The van der Waals surface area contributed by atoms with Crippen LogP contribution in [0.15, 0.2) is 35.5 Å². The van der Waals surface area contributed by atoms with Crippen LogP contribution in [-0.2, 0) is 6.42 Å². The molecule has 3 rings (SSSR count). The Hall–Kier alpha value is -1.41. The molecule has 0 bridgehead atoms. The minimum absolute atomic E-state index is 0.951. The van der Waals surface area contributed by atoms with Crippen molar-refractivity contribution in [3.05, 3.63) is 40.9 Å². The molecule has 0 N–H and O–H groups in total. The van der Waals surface area contributed by atoms with E-state index >= 15 is 0 Å². The maximum absolute atomic E-state index is 4.17. The van der Waals surface area contributed by atoms with Crippen LogP contribution in [0.1, 0.15) is 10.4 Å². The van der Waals surface area contributed by atoms with Gasteiger partial charge in [0, 0.05) is 28.4 Å². The van der Waals surface area contributed by atoms with Crippen LogP contribution in [0.2, 0.25) is 0 Å². The molecule has 0 amide bonds. The average Bonchev–Trinajstić information content (AvgIpc) is 2.42. The maximum Gasteiger partial charge on any atom is 0.0352 e. The van der Waals surface area contributed by atoms with Gasteiger partial charge in [-0.1, -0.05) is 18.2 Å². The molecule has 0 radical (unpaired) electrons. The van der Waals surface area contributed by atoms with Crippen molar-refractivity contribution in [3.63, 3.8) is 0 Å². The van der Waals surface area contributed by atoms with E-state index in [1.165, 1.54) is 20.5 Å². The quantitative estimate of drug-likeness (QED) is 0.615. The third-order valence-electron chi connectivity index (χ3n) is 2.44. The number of aliphatic imine (C=N–C) groups is 1. The Morgan fingerprint density at radius 3 is 3.14 bits per heavy atom. The monoisotopic (exact) mass is 199 g/mol. The molecule has 2 heteroatoms. The third kappa shape index (κ3) is 1.11. The van der Waals surface area contributed by atoms with Crippen LogP contribution in [0.3, 0.4) is 0 Å². The maximum atomic E-state index is 4.17. The van der Waals surface area contributed by atoms with Gasteiger partial charge in [-0.15, -0.1) is 11.3 Å². The summed E-state index contributed by atoms with van der Waals surface area (Å²) in [5, 5.41) is 1.38. The van der Waals surface area contributed by atoms with Crippen LogP contribution in [0, 0.1) is 0 Å². The highest BCUT2D eigenvalue weighted by atomic mass is 32.1. The molecule has 0 saturated carbocycles. The van der Waals surface area contributed by atoms with E-state index in [0.29, 0.717) is 0 Å². The van der Waals surface area contributed by atoms with Gasteiger partial charge in [0.1, 0.15) is 0 Å². The molecule has 0 fully saturated rings. The third-order valence-corrected chi connectivity index (χ3v) is 3.62. The lowest BCUT2D eigenvalue weighted by atomic mass is 10.1. The number of thiophene rings is 1. The van der Waals surface area contributed by atoms with Gasteiger partial charge in [-0.2, -0.15) is 0 Å². The number of hydrogen-bond acceptors (Lipinski definition) is 2. The number of hydrogen-bond donors (Lipinski definition) is 0. The average molecular weight is 199 g/mol. The summed E-state index contributed by atoms with van der Waals surface area (Å²) >= 11 is 1.85. The second kappa shape index (κ2) is 3.07. The zero-order valence-corrected chi connectivity index (χ0v) is 8.42. The zero-order chi connectivity index (χ0) is 9.38. The highest BCUT2D eigenvalue weighted by Crippen LogP contribution is 2.32. The van der Waals surface area contributed by atoms with E-state index in [0.717, 1.165) is 6.42 Å². The summed E-state index contributed by atoms with van der Waals surface area (Å²) in [6, 6.07) is 8.56. The summed E-state index contributed by atoms with van der Waals surface area (Å²) in [5.74, 6) is 0. The van der Waals surface area contributed by atoms with Crippen LogP contribution in [-0.4, -0.2) is 6.21 Å². The summed E-state index contributed by atoms with van der Waals surface area (Å²) in [6.07, 6.45) is 6.90. The van der Waals surface area contributed by atoms with E-state index in [1.54, 1.807) is 0 Å². The predicted octanol–water partition coefficient (Wildman–Crippen LogP) is 3.50. The fourth-order valence-corrected chi connectivity index (χ4v) is 2.91. The molecule has 2 heterocycles. The van der Waals surface area contributed by atoms with Crippen molar-refractivity contribution in [3.8, 4) is 0 Å². The first kappa shape index (κ1) is 7.94. The Kier molecular flexibility index (Phi) is 1.74. The first-order chi connectivity index (χ1) is 6.95. The van der Waals surface area contributed by atoms with E-state index in [-0.39, 0.29) is 0 Å². The molecule has 1 aliphatic rings. The van der Waals surface area contributed by atoms with E-state index in [4.69, 9.17) is 0 Å². The van der Waals surface area contributed by atoms with Gasteiger partial charge in [0.2, 0.25) is 0 Å².